The summed E-state index contributed by atoms with van der Waals surface area (Å²) < 4.78 is 6.62. The number of rotatable bonds is 4. The van der Waals surface area contributed by atoms with Crippen LogP contribution in [0, 0.1) is 5.92 Å². The van der Waals surface area contributed by atoms with Crippen LogP contribution in [0.25, 0.3) is 0 Å². The van der Waals surface area contributed by atoms with E-state index >= 15 is 0 Å². The zero-order valence-corrected chi connectivity index (χ0v) is 12.4. The second kappa shape index (κ2) is 6.58. The SMILES string of the molecule is CCOc1ccc(Br)cc1C(O)C1CCCCC1. The predicted octanol–water partition coefficient (Wildman–Crippen LogP) is 4.46. The summed E-state index contributed by atoms with van der Waals surface area (Å²) >= 11 is 3.47. The average Bonchev–Trinajstić information content (AvgIpc) is 2.41. The Balaban J connectivity index is 2.21. The second-order valence-corrected chi connectivity index (χ2v) is 5.87. The van der Waals surface area contributed by atoms with Crippen molar-refractivity contribution in [3.05, 3.63) is 28.2 Å². The van der Waals surface area contributed by atoms with Crippen molar-refractivity contribution >= 4 is 15.9 Å². The van der Waals surface area contributed by atoms with Gasteiger partial charge >= 0.3 is 0 Å². The van der Waals surface area contributed by atoms with Gasteiger partial charge in [-0.25, -0.2) is 0 Å². The van der Waals surface area contributed by atoms with Crippen LogP contribution in [0.15, 0.2) is 22.7 Å². The summed E-state index contributed by atoms with van der Waals surface area (Å²) in [5.41, 5.74) is 0.929. The van der Waals surface area contributed by atoms with Crippen molar-refractivity contribution in [2.75, 3.05) is 6.61 Å². The van der Waals surface area contributed by atoms with Crippen LogP contribution < -0.4 is 4.74 Å². The Labute approximate surface area is 117 Å². The molecular weight excluding hydrogens is 292 g/mol. The number of aliphatic hydroxyl groups excluding tert-OH is 1. The van der Waals surface area contributed by atoms with Gasteiger partial charge in [0.15, 0.2) is 0 Å². The van der Waals surface area contributed by atoms with Gasteiger partial charge < -0.3 is 9.84 Å². The highest BCUT2D eigenvalue weighted by atomic mass is 79.9. The summed E-state index contributed by atoms with van der Waals surface area (Å²) in [4.78, 5) is 0. The fourth-order valence-corrected chi connectivity index (χ4v) is 3.12. The Hall–Kier alpha value is -0.540. The molecular formula is C15H21BrO2. The minimum Gasteiger partial charge on any atom is -0.493 e. The molecule has 0 aromatic heterocycles. The lowest BCUT2D eigenvalue weighted by atomic mass is 9.82. The number of aliphatic hydroxyl groups is 1. The average molecular weight is 313 g/mol. The Kier molecular flexibility index (Phi) is 5.07. The fraction of sp³-hybridized carbons (Fsp3) is 0.600. The second-order valence-electron chi connectivity index (χ2n) is 4.96. The molecule has 1 unspecified atom stereocenters. The minimum absolute atomic E-state index is 0.382. The molecule has 2 rings (SSSR count). The summed E-state index contributed by atoms with van der Waals surface area (Å²) in [6.07, 6.45) is 5.63. The highest BCUT2D eigenvalue weighted by Gasteiger charge is 2.25. The van der Waals surface area contributed by atoms with E-state index in [0.717, 1.165) is 28.6 Å². The zero-order valence-electron chi connectivity index (χ0n) is 10.9. The first-order valence-corrected chi connectivity index (χ1v) is 7.62. The lowest BCUT2D eigenvalue weighted by molar-refractivity contribution is 0.0818. The first kappa shape index (κ1) is 13.9. The molecule has 1 aromatic carbocycles. The van der Waals surface area contributed by atoms with Gasteiger partial charge in [-0.3, -0.25) is 0 Å². The van der Waals surface area contributed by atoms with E-state index in [2.05, 4.69) is 15.9 Å². The molecule has 1 fully saturated rings. The van der Waals surface area contributed by atoms with Crippen LogP contribution in [-0.2, 0) is 0 Å². The molecule has 1 aliphatic carbocycles. The lowest BCUT2D eigenvalue weighted by Gasteiger charge is -2.28. The maximum Gasteiger partial charge on any atom is 0.125 e. The molecule has 0 aliphatic heterocycles. The van der Waals surface area contributed by atoms with Crippen LogP contribution in [0.4, 0.5) is 0 Å². The summed E-state index contributed by atoms with van der Waals surface area (Å²) in [5, 5.41) is 10.6. The van der Waals surface area contributed by atoms with Gasteiger partial charge in [-0.2, -0.15) is 0 Å². The van der Waals surface area contributed by atoms with Gasteiger partial charge in [0.25, 0.3) is 0 Å². The molecule has 100 valence electrons. The Morgan fingerprint density at radius 1 is 1.33 bits per heavy atom. The van der Waals surface area contributed by atoms with Crippen molar-refractivity contribution < 1.29 is 9.84 Å². The van der Waals surface area contributed by atoms with E-state index in [-0.39, 0.29) is 0 Å². The van der Waals surface area contributed by atoms with E-state index in [4.69, 9.17) is 4.74 Å². The maximum atomic E-state index is 10.6. The fourth-order valence-electron chi connectivity index (χ4n) is 2.74. The first-order chi connectivity index (χ1) is 8.72. The molecule has 0 saturated heterocycles. The van der Waals surface area contributed by atoms with Gasteiger partial charge in [-0.05, 0) is 43.9 Å². The van der Waals surface area contributed by atoms with Gasteiger partial charge in [0, 0.05) is 10.0 Å². The number of ether oxygens (including phenoxy) is 1. The quantitative estimate of drug-likeness (QED) is 0.889. The van der Waals surface area contributed by atoms with Gasteiger partial charge in [0.05, 0.1) is 12.7 Å². The third kappa shape index (κ3) is 3.27. The molecule has 1 atom stereocenters. The molecule has 0 radical (unpaired) electrons. The standard InChI is InChI=1S/C15H21BrO2/c1-2-18-14-9-8-12(16)10-13(14)15(17)11-6-4-3-5-7-11/h8-11,15,17H,2-7H2,1H3. The van der Waals surface area contributed by atoms with Crippen molar-refractivity contribution in [1.29, 1.82) is 0 Å². The molecule has 18 heavy (non-hydrogen) atoms. The molecule has 1 aromatic rings. The number of hydrogen-bond acceptors (Lipinski definition) is 2. The molecule has 1 saturated carbocycles. The van der Waals surface area contributed by atoms with Gasteiger partial charge in [-0.15, -0.1) is 0 Å². The van der Waals surface area contributed by atoms with Crippen LogP contribution in [-0.4, -0.2) is 11.7 Å². The van der Waals surface area contributed by atoms with Crippen molar-refractivity contribution in [2.45, 2.75) is 45.1 Å². The monoisotopic (exact) mass is 312 g/mol. The Bertz CT molecular complexity index is 386. The largest absolute Gasteiger partial charge is 0.493 e. The summed E-state index contributed by atoms with van der Waals surface area (Å²) in [7, 11) is 0. The van der Waals surface area contributed by atoms with E-state index in [1.807, 2.05) is 25.1 Å². The third-order valence-corrected chi connectivity index (χ3v) is 4.18. The molecule has 2 nitrogen and oxygen atoms in total. The predicted molar refractivity (Wildman–Crippen MR) is 76.8 cm³/mol. The lowest BCUT2D eigenvalue weighted by Crippen LogP contribution is -2.17. The Morgan fingerprint density at radius 3 is 2.72 bits per heavy atom. The van der Waals surface area contributed by atoms with E-state index < -0.39 is 6.10 Å². The number of halogens is 1. The van der Waals surface area contributed by atoms with Gasteiger partial charge in [-0.1, -0.05) is 35.2 Å². The van der Waals surface area contributed by atoms with Crippen LogP contribution in [0.1, 0.15) is 50.7 Å². The topological polar surface area (TPSA) is 29.5 Å². The van der Waals surface area contributed by atoms with Gasteiger partial charge in [0.1, 0.15) is 5.75 Å². The summed E-state index contributed by atoms with van der Waals surface area (Å²) in [6.45, 7) is 2.60. The highest BCUT2D eigenvalue weighted by molar-refractivity contribution is 9.10. The molecule has 3 heteroatoms. The third-order valence-electron chi connectivity index (χ3n) is 3.69. The van der Waals surface area contributed by atoms with E-state index in [9.17, 15) is 5.11 Å². The summed E-state index contributed by atoms with van der Waals surface area (Å²) in [5.74, 6) is 1.20. The molecule has 1 aliphatic rings. The molecule has 0 spiro atoms. The molecule has 1 N–H and O–H groups in total. The zero-order chi connectivity index (χ0) is 13.0. The molecule has 0 heterocycles. The van der Waals surface area contributed by atoms with Gasteiger partial charge in [0.2, 0.25) is 0 Å². The number of hydrogen-bond donors (Lipinski definition) is 1. The van der Waals surface area contributed by atoms with E-state index in [0.29, 0.717) is 12.5 Å². The van der Waals surface area contributed by atoms with Crippen molar-refractivity contribution in [2.24, 2.45) is 5.92 Å². The highest BCUT2D eigenvalue weighted by Crippen LogP contribution is 2.38. The van der Waals surface area contributed by atoms with Crippen molar-refractivity contribution in [3.8, 4) is 5.75 Å². The first-order valence-electron chi connectivity index (χ1n) is 6.82. The van der Waals surface area contributed by atoms with E-state index in [1.165, 1.54) is 19.3 Å². The molecule has 0 amide bonds. The van der Waals surface area contributed by atoms with Crippen molar-refractivity contribution in [1.82, 2.24) is 0 Å². The van der Waals surface area contributed by atoms with E-state index in [1.54, 1.807) is 0 Å². The van der Waals surface area contributed by atoms with Crippen molar-refractivity contribution in [3.63, 3.8) is 0 Å². The maximum absolute atomic E-state index is 10.6. The van der Waals surface area contributed by atoms with Crippen LogP contribution in [0.5, 0.6) is 5.75 Å². The minimum atomic E-state index is -0.399. The summed E-state index contributed by atoms with van der Waals surface area (Å²) in [6, 6.07) is 5.89. The van der Waals surface area contributed by atoms with Crippen LogP contribution in [0.3, 0.4) is 0 Å². The van der Waals surface area contributed by atoms with Crippen LogP contribution in [0.2, 0.25) is 0 Å². The van der Waals surface area contributed by atoms with Crippen LogP contribution >= 0.6 is 15.9 Å². The normalized spacial score (nSPS) is 18.6. The smallest absolute Gasteiger partial charge is 0.125 e. The molecule has 0 bridgehead atoms. The number of benzene rings is 1. The Morgan fingerprint density at radius 2 is 2.06 bits per heavy atom.